The number of thiophene rings is 1. The molecule has 0 saturated carbocycles. The number of hydrogen-bond donors (Lipinski definition) is 3. The van der Waals surface area contributed by atoms with Crippen molar-refractivity contribution >= 4 is 43.7 Å². The van der Waals surface area contributed by atoms with Gasteiger partial charge in [-0.05, 0) is 59.5 Å². The van der Waals surface area contributed by atoms with Gasteiger partial charge in [0.1, 0.15) is 15.8 Å². The van der Waals surface area contributed by atoms with Gasteiger partial charge >= 0.3 is 0 Å². The maximum Gasteiger partial charge on any atom is 0.125 e. The van der Waals surface area contributed by atoms with E-state index >= 15 is 0 Å². The van der Waals surface area contributed by atoms with E-state index in [1.807, 2.05) is 24.3 Å². The Morgan fingerprint density at radius 1 is 1.15 bits per heavy atom. The van der Waals surface area contributed by atoms with E-state index in [1.165, 1.54) is 23.5 Å². The fourth-order valence-electron chi connectivity index (χ4n) is 3.70. The number of hydrogen-bond acceptors (Lipinski definition) is 7. The third kappa shape index (κ3) is 5.28. The number of halogens is 1. The molecule has 9 heteroatoms. The number of aliphatic hydroxyl groups is 1. The third-order valence-corrected chi connectivity index (χ3v) is 8.40. The Bertz CT molecular complexity index is 1290. The zero-order chi connectivity index (χ0) is 24.1. The summed E-state index contributed by atoms with van der Waals surface area (Å²) in [4.78, 5) is 4.43. The minimum absolute atomic E-state index is 0.0239. The Hall–Kier alpha value is -2.85. The van der Waals surface area contributed by atoms with Crippen LogP contribution >= 0.6 is 11.3 Å². The van der Waals surface area contributed by atoms with Gasteiger partial charge in [0.2, 0.25) is 0 Å². The van der Waals surface area contributed by atoms with Crippen LogP contribution in [0.4, 0.5) is 15.9 Å². The van der Waals surface area contributed by atoms with E-state index in [0.717, 1.165) is 32.3 Å². The number of rotatable bonds is 10. The van der Waals surface area contributed by atoms with Gasteiger partial charge in [-0.2, -0.15) is 0 Å². The monoisotopic (exact) mass is 499 g/mol. The summed E-state index contributed by atoms with van der Waals surface area (Å²) in [6, 6.07) is 14.1. The Balaban J connectivity index is 1.82. The SMILES string of the molecule is COCCCS(=O)c1sc2cc(-c3ccc(NCCO)nc3)cc(-c3ccc(F)cc3)c2c1N. The highest BCUT2D eigenvalue weighted by molar-refractivity contribution is 7.87. The number of nitrogens with zero attached hydrogens (tertiary/aromatic N) is 1. The highest BCUT2D eigenvalue weighted by atomic mass is 32.2. The van der Waals surface area contributed by atoms with Gasteiger partial charge in [-0.25, -0.2) is 9.37 Å². The lowest BCUT2D eigenvalue weighted by Gasteiger charge is -2.10. The summed E-state index contributed by atoms with van der Waals surface area (Å²) in [6.07, 6.45) is 2.44. The highest BCUT2D eigenvalue weighted by Gasteiger charge is 2.20. The number of nitrogens with two attached hydrogens (primary N) is 1. The van der Waals surface area contributed by atoms with Gasteiger partial charge in [-0.1, -0.05) is 12.1 Å². The van der Waals surface area contributed by atoms with Crippen molar-refractivity contribution in [3.05, 3.63) is 60.5 Å². The Labute approximate surface area is 204 Å². The molecule has 6 nitrogen and oxygen atoms in total. The van der Waals surface area contributed by atoms with Gasteiger partial charge in [-0.3, -0.25) is 4.21 Å². The number of nitrogens with one attached hydrogen (secondary N) is 1. The topological polar surface area (TPSA) is 97.5 Å². The van der Waals surface area contributed by atoms with E-state index in [2.05, 4.69) is 10.3 Å². The van der Waals surface area contributed by atoms with Crippen LogP contribution in [0.2, 0.25) is 0 Å². The predicted molar refractivity (Wildman–Crippen MR) is 138 cm³/mol. The third-order valence-electron chi connectivity index (χ3n) is 5.35. The van der Waals surface area contributed by atoms with Crippen LogP contribution in [0.15, 0.2) is 58.9 Å². The summed E-state index contributed by atoms with van der Waals surface area (Å²) < 4.78 is 33.2. The number of fused-ring (bicyclic) bond motifs is 1. The average Bonchev–Trinajstić information content (AvgIpc) is 3.19. The Morgan fingerprint density at radius 2 is 1.91 bits per heavy atom. The largest absolute Gasteiger partial charge is 0.397 e. The summed E-state index contributed by atoms with van der Waals surface area (Å²) in [5, 5.41) is 12.8. The van der Waals surface area contributed by atoms with Crippen LogP contribution < -0.4 is 11.1 Å². The van der Waals surface area contributed by atoms with E-state index < -0.39 is 10.8 Å². The lowest BCUT2D eigenvalue weighted by molar-refractivity contribution is 0.200. The van der Waals surface area contributed by atoms with Gasteiger partial charge in [0.25, 0.3) is 0 Å². The minimum atomic E-state index is -1.24. The van der Waals surface area contributed by atoms with Gasteiger partial charge in [-0.15, -0.1) is 11.3 Å². The van der Waals surface area contributed by atoms with Crippen LogP contribution in [0.25, 0.3) is 32.3 Å². The van der Waals surface area contributed by atoms with E-state index in [1.54, 1.807) is 25.4 Å². The molecule has 0 aliphatic carbocycles. The molecule has 0 amide bonds. The van der Waals surface area contributed by atoms with Crippen LogP contribution in [-0.4, -0.2) is 46.9 Å². The van der Waals surface area contributed by atoms with E-state index in [4.69, 9.17) is 15.6 Å². The summed E-state index contributed by atoms with van der Waals surface area (Å²) >= 11 is 1.42. The number of pyridine rings is 1. The van der Waals surface area contributed by atoms with Gasteiger partial charge in [0.05, 0.1) is 23.1 Å². The Morgan fingerprint density at radius 3 is 2.59 bits per heavy atom. The first-order valence-electron chi connectivity index (χ1n) is 10.8. The van der Waals surface area contributed by atoms with Crippen LogP contribution in [0.1, 0.15) is 6.42 Å². The first-order chi connectivity index (χ1) is 16.5. The second kappa shape index (κ2) is 11.1. The molecule has 178 valence electrons. The van der Waals surface area contributed by atoms with Crippen molar-refractivity contribution in [3.63, 3.8) is 0 Å². The van der Waals surface area contributed by atoms with E-state index in [-0.39, 0.29) is 12.4 Å². The number of ether oxygens (including phenoxy) is 1. The quantitative estimate of drug-likeness (QED) is 0.269. The number of aromatic nitrogens is 1. The summed E-state index contributed by atoms with van der Waals surface area (Å²) in [5.41, 5.74) is 10.5. The molecule has 2 aromatic heterocycles. The van der Waals surface area contributed by atoms with Crippen LogP contribution in [-0.2, 0) is 15.5 Å². The molecule has 34 heavy (non-hydrogen) atoms. The van der Waals surface area contributed by atoms with E-state index in [9.17, 15) is 8.60 Å². The minimum Gasteiger partial charge on any atom is -0.397 e. The first-order valence-corrected chi connectivity index (χ1v) is 13.0. The van der Waals surface area contributed by atoms with Gasteiger partial charge in [0, 0.05) is 47.9 Å². The molecule has 0 radical (unpaired) electrons. The van der Waals surface area contributed by atoms with Gasteiger partial charge < -0.3 is 20.9 Å². The van der Waals surface area contributed by atoms with Crippen LogP contribution in [0.3, 0.4) is 0 Å². The number of anilines is 2. The molecule has 2 aromatic carbocycles. The maximum atomic E-state index is 13.6. The van der Waals surface area contributed by atoms with Crippen molar-refractivity contribution in [2.24, 2.45) is 0 Å². The molecule has 4 aromatic rings. The summed E-state index contributed by atoms with van der Waals surface area (Å²) in [5.74, 6) is 0.826. The van der Waals surface area contributed by atoms with Crippen molar-refractivity contribution < 1.29 is 18.4 Å². The highest BCUT2D eigenvalue weighted by Crippen LogP contribution is 2.44. The maximum absolute atomic E-state index is 13.6. The van der Waals surface area contributed by atoms with Gasteiger partial charge in [0.15, 0.2) is 0 Å². The standard InChI is InChI=1S/C25H26FN3O3S2/c1-32-11-2-12-34(31)25-24(27)23-20(16-3-6-19(26)7-4-16)13-18(14-21(23)33-25)17-5-8-22(29-15-17)28-9-10-30/h3-8,13-15,30H,2,9-12,27H2,1H3,(H,28,29). The molecule has 0 saturated heterocycles. The normalized spacial score (nSPS) is 12.2. The molecule has 4 N–H and O–H groups in total. The fourth-order valence-corrected chi connectivity index (χ4v) is 6.43. The molecule has 0 aliphatic heterocycles. The molecule has 1 atom stereocenters. The number of aliphatic hydroxyl groups excluding tert-OH is 1. The first kappa shape index (κ1) is 24.3. The van der Waals surface area contributed by atoms with E-state index in [0.29, 0.717) is 41.0 Å². The summed E-state index contributed by atoms with van der Waals surface area (Å²) in [6.45, 7) is 0.986. The van der Waals surface area contributed by atoms with Crippen LogP contribution in [0.5, 0.6) is 0 Å². The molecular weight excluding hydrogens is 473 g/mol. The lowest BCUT2D eigenvalue weighted by atomic mass is 9.96. The predicted octanol–water partition coefficient (Wildman–Crippen LogP) is 4.90. The fraction of sp³-hybridized carbons (Fsp3) is 0.240. The zero-order valence-electron chi connectivity index (χ0n) is 18.7. The molecule has 2 heterocycles. The summed E-state index contributed by atoms with van der Waals surface area (Å²) in [7, 11) is 0.380. The molecule has 0 aliphatic rings. The van der Waals surface area contributed by atoms with Crippen molar-refractivity contribution in [1.82, 2.24) is 4.98 Å². The number of methoxy groups -OCH3 is 1. The Kier molecular flexibility index (Phi) is 7.89. The molecule has 0 bridgehead atoms. The number of benzene rings is 2. The molecule has 1 unspecified atom stereocenters. The van der Waals surface area contributed by atoms with Crippen molar-refractivity contribution in [3.8, 4) is 22.3 Å². The number of nitrogen functional groups attached to an aromatic ring is 1. The van der Waals surface area contributed by atoms with Crippen molar-refractivity contribution in [2.45, 2.75) is 10.6 Å². The van der Waals surface area contributed by atoms with Crippen molar-refractivity contribution in [1.29, 1.82) is 0 Å². The molecule has 0 spiro atoms. The van der Waals surface area contributed by atoms with Crippen molar-refractivity contribution in [2.75, 3.05) is 43.7 Å². The van der Waals surface area contributed by atoms with Crippen LogP contribution in [0, 0.1) is 5.82 Å². The smallest absolute Gasteiger partial charge is 0.125 e. The zero-order valence-corrected chi connectivity index (χ0v) is 20.3. The molecule has 4 rings (SSSR count). The average molecular weight is 500 g/mol. The lowest BCUT2D eigenvalue weighted by Crippen LogP contribution is -2.06. The second-order valence-electron chi connectivity index (χ2n) is 7.69. The molecule has 0 fully saturated rings. The molecular formula is C25H26FN3O3S2. The second-order valence-corrected chi connectivity index (χ2v) is 10.5.